The molecule has 0 unspecified atom stereocenters. The first-order valence-electron chi connectivity index (χ1n) is 21.5. The van der Waals surface area contributed by atoms with Gasteiger partial charge in [-0.15, -0.1) is 0 Å². The van der Waals surface area contributed by atoms with Gasteiger partial charge in [-0.3, -0.25) is 0 Å². The lowest BCUT2D eigenvalue weighted by Gasteiger charge is -2.28. The van der Waals surface area contributed by atoms with Gasteiger partial charge in [-0.05, 0) is 125 Å². The summed E-state index contributed by atoms with van der Waals surface area (Å²) in [5, 5.41) is 0. The minimum atomic E-state index is -0.107. The fraction of sp³-hybridized carbons (Fsp3) is 0.100. The van der Waals surface area contributed by atoms with E-state index < -0.39 is 0 Å². The molecule has 9 aromatic carbocycles. The maximum Gasteiger partial charge on any atom is 0.0465 e. The third-order valence-corrected chi connectivity index (χ3v) is 13.5. The van der Waals surface area contributed by atoms with Crippen LogP contribution in [0.2, 0.25) is 0 Å². The van der Waals surface area contributed by atoms with Crippen LogP contribution in [-0.4, -0.2) is 0 Å². The van der Waals surface area contributed by atoms with E-state index in [1.54, 1.807) is 0 Å². The van der Waals surface area contributed by atoms with E-state index in [4.69, 9.17) is 0 Å². The Morgan fingerprint density at radius 1 is 0.262 bits per heavy atom. The van der Waals surface area contributed by atoms with Crippen LogP contribution in [-0.2, 0) is 10.8 Å². The molecule has 9 aromatic rings. The van der Waals surface area contributed by atoms with Crippen LogP contribution >= 0.6 is 0 Å². The SMILES string of the molecule is CC1(C)c2ccccc2-c2ccc(N(c3ccc(-c4ccc(-c5ccccc5)cc4)cc3)c3ccc(-c4ccccc4-c4cccc5c4C(C)(C)c4ccccc4-5)cc3)cc21. The Labute approximate surface area is 360 Å². The highest BCUT2D eigenvalue weighted by molar-refractivity contribution is 5.93. The lowest BCUT2D eigenvalue weighted by Crippen LogP contribution is -2.16. The van der Waals surface area contributed by atoms with Crippen LogP contribution in [0.15, 0.2) is 212 Å². The van der Waals surface area contributed by atoms with Crippen molar-refractivity contribution in [2.75, 3.05) is 4.90 Å². The number of nitrogens with zero attached hydrogens (tertiary/aromatic N) is 1. The van der Waals surface area contributed by atoms with Crippen LogP contribution in [0.1, 0.15) is 49.9 Å². The molecule has 0 atom stereocenters. The largest absolute Gasteiger partial charge is 0.310 e. The average Bonchev–Trinajstić information content (AvgIpc) is 3.69. The second kappa shape index (κ2) is 14.2. The molecule has 0 fully saturated rings. The van der Waals surface area contributed by atoms with Gasteiger partial charge in [0.1, 0.15) is 0 Å². The Kier molecular flexibility index (Phi) is 8.58. The molecule has 0 radical (unpaired) electrons. The summed E-state index contributed by atoms with van der Waals surface area (Å²) in [7, 11) is 0. The fourth-order valence-electron chi connectivity index (χ4n) is 10.4. The van der Waals surface area contributed by atoms with Gasteiger partial charge in [0.05, 0.1) is 0 Å². The molecule has 0 aromatic heterocycles. The molecule has 11 rings (SSSR count). The zero-order valence-electron chi connectivity index (χ0n) is 35.2. The Morgan fingerprint density at radius 2 is 0.656 bits per heavy atom. The van der Waals surface area contributed by atoms with E-state index in [0.717, 1.165) is 17.1 Å². The number of hydrogen-bond donors (Lipinski definition) is 0. The Morgan fingerprint density at radius 3 is 1.26 bits per heavy atom. The van der Waals surface area contributed by atoms with E-state index in [1.807, 2.05) is 0 Å². The van der Waals surface area contributed by atoms with Crippen LogP contribution in [0.3, 0.4) is 0 Å². The molecule has 2 aliphatic rings. The van der Waals surface area contributed by atoms with Gasteiger partial charge in [-0.1, -0.05) is 204 Å². The van der Waals surface area contributed by atoms with E-state index in [2.05, 4.69) is 245 Å². The van der Waals surface area contributed by atoms with E-state index in [9.17, 15) is 0 Å². The number of rotatable bonds is 7. The number of benzene rings is 9. The molecule has 0 saturated heterocycles. The summed E-state index contributed by atoms with van der Waals surface area (Å²) in [5.74, 6) is 0. The normalized spacial score (nSPS) is 13.8. The first-order valence-corrected chi connectivity index (χ1v) is 21.5. The van der Waals surface area contributed by atoms with E-state index in [1.165, 1.54) is 89.0 Å². The summed E-state index contributed by atoms with van der Waals surface area (Å²) in [4.78, 5) is 2.42. The number of anilines is 3. The van der Waals surface area contributed by atoms with Gasteiger partial charge in [-0.25, -0.2) is 0 Å². The molecule has 61 heavy (non-hydrogen) atoms. The van der Waals surface area contributed by atoms with Crippen LogP contribution in [0.5, 0.6) is 0 Å². The van der Waals surface area contributed by atoms with Crippen molar-refractivity contribution in [3.63, 3.8) is 0 Å². The molecule has 0 bridgehead atoms. The van der Waals surface area contributed by atoms with Crippen LogP contribution in [0.25, 0.3) is 66.8 Å². The maximum absolute atomic E-state index is 2.42. The Hall–Kier alpha value is -7.22. The fourth-order valence-corrected chi connectivity index (χ4v) is 10.4. The quantitative estimate of drug-likeness (QED) is 0.156. The third kappa shape index (κ3) is 5.99. The molecule has 0 heterocycles. The minimum absolute atomic E-state index is 0.104. The highest BCUT2D eigenvalue weighted by Gasteiger charge is 2.38. The molecule has 0 spiro atoms. The predicted molar refractivity (Wildman–Crippen MR) is 258 cm³/mol. The second-order valence-electron chi connectivity index (χ2n) is 17.7. The predicted octanol–water partition coefficient (Wildman–Crippen LogP) is 16.4. The standard InChI is InChI=1S/C60H47N/c1-59(2)55-23-12-10-19-50(55)52-38-37-47(39-57(52)59)61(45-33-29-43(30-34-45)42-27-25-41(26-28-42)40-15-6-5-7-16-40)46-35-31-44(32-36-46)48-17-8-9-18-49(48)53-21-14-22-54-51-20-11-13-24-56(51)60(3,4)58(53)54/h5-39H,1-4H3. The zero-order chi connectivity index (χ0) is 41.3. The average molecular weight is 782 g/mol. The first kappa shape index (κ1) is 36.8. The van der Waals surface area contributed by atoms with Crippen molar-refractivity contribution < 1.29 is 0 Å². The second-order valence-corrected chi connectivity index (χ2v) is 17.7. The maximum atomic E-state index is 2.42. The molecule has 292 valence electrons. The van der Waals surface area contributed by atoms with E-state index in [0.29, 0.717) is 0 Å². The van der Waals surface area contributed by atoms with Crippen molar-refractivity contribution in [2.24, 2.45) is 0 Å². The summed E-state index contributed by atoms with van der Waals surface area (Å²) in [6.45, 7) is 9.47. The molecular formula is C60H47N. The zero-order valence-corrected chi connectivity index (χ0v) is 35.2. The van der Waals surface area contributed by atoms with Gasteiger partial charge in [0.2, 0.25) is 0 Å². The van der Waals surface area contributed by atoms with Gasteiger partial charge in [0.15, 0.2) is 0 Å². The minimum Gasteiger partial charge on any atom is -0.310 e. The molecule has 0 N–H and O–H groups in total. The monoisotopic (exact) mass is 781 g/mol. The van der Waals surface area contributed by atoms with Gasteiger partial charge >= 0.3 is 0 Å². The molecule has 1 heteroatoms. The van der Waals surface area contributed by atoms with Gasteiger partial charge in [0, 0.05) is 27.9 Å². The lowest BCUT2D eigenvalue weighted by atomic mass is 9.78. The van der Waals surface area contributed by atoms with Gasteiger partial charge in [-0.2, -0.15) is 0 Å². The smallest absolute Gasteiger partial charge is 0.0465 e. The summed E-state index contributed by atoms with van der Waals surface area (Å²) in [6.07, 6.45) is 0. The summed E-state index contributed by atoms with van der Waals surface area (Å²) in [5.41, 5.74) is 23.9. The first-order chi connectivity index (χ1) is 29.8. The number of hydrogen-bond acceptors (Lipinski definition) is 1. The molecule has 0 aliphatic heterocycles. The van der Waals surface area contributed by atoms with Crippen LogP contribution < -0.4 is 4.90 Å². The number of fused-ring (bicyclic) bond motifs is 6. The Bertz CT molecular complexity index is 3100. The summed E-state index contributed by atoms with van der Waals surface area (Å²) >= 11 is 0. The lowest BCUT2D eigenvalue weighted by molar-refractivity contribution is 0.660. The molecular weight excluding hydrogens is 735 g/mol. The summed E-state index contributed by atoms with van der Waals surface area (Å²) < 4.78 is 0. The van der Waals surface area contributed by atoms with Gasteiger partial charge < -0.3 is 4.90 Å². The van der Waals surface area contributed by atoms with Crippen molar-refractivity contribution in [1.82, 2.24) is 0 Å². The molecule has 1 nitrogen and oxygen atoms in total. The highest BCUT2D eigenvalue weighted by atomic mass is 15.1. The van der Waals surface area contributed by atoms with Crippen molar-refractivity contribution in [3.8, 4) is 66.8 Å². The topological polar surface area (TPSA) is 3.24 Å². The van der Waals surface area contributed by atoms with Crippen molar-refractivity contribution in [3.05, 3.63) is 235 Å². The van der Waals surface area contributed by atoms with Crippen LogP contribution in [0, 0.1) is 0 Å². The molecule has 0 amide bonds. The third-order valence-electron chi connectivity index (χ3n) is 13.5. The molecule has 0 saturated carbocycles. The van der Waals surface area contributed by atoms with Crippen LogP contribution in [0.4, 0.5) is 17.1 Å². The molecule has 2 aliphatic carbocycles. The van der Waals surface area contributed by atoms with Crippen molar-refractivity contribution in [2.45, 2.75) is 38.5 Å². The van der Waals surface area contributed by atoms with E-state index >= 15 is 0 Å². The highest BCUT2D eigenvalue weighted by Crippen LogP contribution is 2.54. The Balaban J connectivity index is 0.988. The van der Waals surface area contributed by atoms with E-state index in [-0.39, 0.29) is 10.8 Å². The summed E-state index contributed by atoms with van der Waals surface area (Å²) in [6, 6.07) is 78.4. The van der Waals surface area contributed by atoms with Gasteiger partial charge in [0.25, 0.3) is 0 Å². The van der Waals surface area contributed by atoms with Crippen molar-refractivity contribution in [1.29, 1.82) is 0 Å². The van der Waals surface area contributed by atoms with Crippen molar-refractivity contribution >= 4 is 17.1 Å².